The third-order valence-corrected chi connectivity index (χ3v) is 1.28. The minimum absolute atomic E-state index is 0.0570. The Bertz CT molecular complexity index is 254. The minimum atomic E-state index is -0.824. The van der Waals surface area contributed by atoms with Crippen LogP contribution in [0.2, 0.25) is 0 Å². The fourth-order valence-corrected chi connectivity index (χ4v) is 0.607. The van der Waals surface area contributed by atoms with E-state index in [0.29, 0.717) is 0 Å². The fraction of sp³-hybridized carbons (Fsp3) is 0.333. The van der Waals surface area contributed by atoms with E-state index in [1.807, 2.05) is 0 Å². The van der Waals surface area contributed by atoms with Crippen molar-refractivity contribution >= 4 is 11.9 Å². The molecule has 0 aliphatic heterocycles. The number of rotatable bonds is 4. The Hall–Kier alpha value is -1.58. The number of primary amides is 1. The summed E-state index contributed by atoms with van der Waals surface area (Å²) in [6.07, 6.45) is 3.91. The summed E-state index contributed by atoms with van der Waals surface area (Å²) in [5.74, 6) is -0.0570. The molecule has 13 heavy (non-hydrogen) atoms. The van der Waals surface area contributed by atoms with Crippen molar-refractivity contribution in [1.82, 2.24) is 0 Å². The van der Waals surface area contributed by atoms with Gasteiger partial charge in [0.25, 0.3) is 0 Å². The molecule has 0 aromatic carbocycles. The quantitative estimate of drug-likeness (QED) is 0.525. The van der Waals surface area contributed by atoms with E-state index in [1.54, 1.807) is 19.1 Å². The van der Waals surface area contributed by atoms with Gasteiger partial charge in [0.05, 0.1) is 0 Å². The summed E-state index contributed by atoms with van der Waals surface area (Å²) in [5.41, 5.74) is 5.50. The Morgan fingerprint density at radius 2 is 2.00 bits per heavy atom. The zero-order chi connectivity index (χ0) is 10.3. The minimum Gasteiger partial charge on any atom is -0.445 e. The van der Waals surface area contributed by atoms with Crippen LogP contribution in [-0.2, 0) is 9.53 Å². The number of ether oxygens (including phenoxy) is 1. The number of hydrogen-bond donors (Lipinski definition) is 1. The van der Waals surface area contributed by atoms with Crippen molar-refractivity contribution in [1.29, 1.82) is 0 Å². The van der Waals surface area contributed by atoms with Crippen molar-refractivity contribution in [2.75, 3.05) is 6.61 Å². The standard InChI is InChI=1S/C9H13NO3/c1-3-8(5-4-7(2)11)6-13-9(10)12/h3-5H,6H2,1-2H3,(H2,10,12)/b5-4-,8-3+. The largest absolute Gasteiger partial charge is 0.445 e. The third kappa shape index (κ3) is 6.80. The molecule has 4 heteroatoms. The summed E-state index contributed by atoms with van der Waals surface area (Å²) in [7, 11) is 0. The molecule has 0 saturated heterocycles. The van der Waals surface area contributed by atoms with Crippen LogP contribution < -0.4 is 5.73 Å². The number of carbonyl (C=O) groups is 2. The molecule has 0 spiro atoms. The number of hydrogen-bond acceptors (Lipinski definition) is 3. The van der Waals surface area contributed by atoms with Crippen LogP contribution in [0.15, 0.2) is 23.8 Å². The molecule has 72 valence electrons. The molecule has 1 amide bonds. The number of ketones is 1. The second-order valence-corrected chi connectivity index (χ2v) is 2.42. The number of carbonyl (C=O) groups excluding carboxylic acids is 2. The Kier molecular flexibility index (Phi) is 5.27. The van der Waals surface area contributed by atoms with Gasteiger partial charge in [0.15, 0.2) is 5.78 Å². The van der Waals surface area contributed by atoms with Gasteiger partial charge in [-0.15, -0.1) is 0 Å². The first-order valence-corrected chi connectivity index (χ1v) is 3.82. The van der Waals surface area contributed by atoms with E-state index in [2.05, 4.69) is 4.74 Å². The molecule has 2 N–H and O–H groups in total. The van der Waals surface area contributed by atoms with E-state index in [0.717, 1.165) is 5.57 Å². The van der Waals surface area contributed by atoms with Crippen molar-refractivity contribution in [3.05, 3.63) is 23.8 Å². The number of allylic oxidation sites excluding steroid dienone is 2. The van der Waals surface area contributed by atoms with Crippen LogP contribution >= 0.6 is 0 Å². The maximum atomic E-state index is 10.6. The van der Waals surface area contributed by atoms with E-state index in [9.17, 15) is 9.59 Å². The summed E-state index contributed by atoms with van der Waals surface area (Å²) >= 11 is 0. The van der Waals surface area contributed by atoms with Crippen LogP contribution in [0.25, 0.3) is 0 Å². The first kappa shape index (κ1) is 11.4. The molecule has 0 unspecified atom stereocenters. The van der Waals surface area contributed by atoms with E-state index in [1.165, 1.54) is 13.0 Å². The predicted molar refractivity (Wildman–Crippen MR) is 49.1 cm³/mol. The summed E-state index contributed by atoms with van der Waals surface area (Å²) in [5, 5.41) is 0. The van der Waals surface area contributed by atoms with Gasteiger partial charge >= 0.3 is 6.09 Å². The Morgan fingerprint density at radius 3 is 2.38 bits per heavy atom. The molecule has 0 rings (SSSR count). The molecule has 0 atom stereocenters. The van der Waals surface area contributed by atoms with Crippen LogP contribution in [0.4, 0.5) is 4.79 Å². The van der Waals surface area contributed by atoms with Crippen LogP contribution in [0.1, 0.15) is 13.8 Å². The molecule has 0 radical (unpaired) electrons. The summed E-state index contributed by atoms with van der Waals surface area (Å²) in [6.45, 7) is 3.32. The topological polar surface area (TPSA) is 69.4 Å². The van der Waals surface area contributed by atoms with Crippen LogP contribution in [0.5, 0.6) is 0 Å². The first-order valence-electron chi connectivity index (χ1n) is 3.82. The van der Waals surface area contributed by atoms with E-state index in [4.69, 9.17) is 5.73 Å². The molecule has 0 aromatic rings. The fourth-order valence-electron chi connectivity index (χ4n) is 0.607. The van der Waals surface area contributed by atoms with Crippen molar-refractivity contribution in [3.8, 4) is 0 Å². The first-order chi connectivity index (χ1) is 6.06. The van der Waals surface area contributed by atoms with Crippen LogP contribution in [-0.4, -0.2) is 18.5 Å². The van der Waals surface area contributed by atoms with Crippen molar-refractivity contribution in [2.45, 2.75) is 13.8 Å². The molecule has 0 heterocycles. The van der Waals surface area contributed by atoms with Gasteiger partial charge in [-0.3, -0.25) is 4.79 Å². The SMILES string of the molecule is C/C=C(\C=C/C(C)=O)COC(N)=O. The van der Waals surface area contributed by atoms with E-state index < -0.39 is 6.09 Å². The van der Waals surface area contributed by atoms with Gasteiger partial charge in [0, 0.05) is 0 Å². The Balaban J connectivity index is 4.06. The average Bonchev–Trinajstić information content (AvgIpc) is 2.04. The third-order valence-electron chi connectivity index (χ3n) is 1.28. The van der Waals surface area contributed by atoms with Gasteiger partial charge < -0.3 is 10.5 Å². The summed E-state index contributed by atoms with van der Waals surface area (Å²) < 4.78 is 4.54. The van der Waals surface area contributed by atoms with Crippen LogP contribution in [0, 0.1) is 0 Å². The number of nitrogens with two attached hydrogens (primary N) is 1. The summed E-state index contributed by atoms with van der Waals surface area (Å²) in [6, 6.07) is 0. The monoisotopic (exact) mass is 183 g/mol. The average molecular weight is 183 g/mol. The lowest BCUT2D eigenvalue weighted by Gasteiger charge is -2.00. The Labute approximate surface area is 77.1 Å². The molecule has 0 fully saturated rings. The lowest BCUT2D eigenvalue weighted by Crippen LogP contribution is -2.14. The van der Waals surface area contributed by atoms with Crippen LogP contribution in [0.3, 0.4) is 0 Å². The second kappa shape index (κ2) is 5.99. The molecule has 0 aromatic heterocycles. The molecule has 0 bridgehead atoms. The van der Waals surface area contributed by atoms with Gasteiger partial charge in [-0.2, -0.15) is 0 Å². The molecular weight excluding hydrogens is 170 g/mol. The highest BCUT2D eigenvalue weighted by atomic mass is 16.5. The van der Waals surface area contributed by atoms with Gasteiger partial charge in [0.1, 0.15) is 6.61 Å². The number of amides is 1. The van der Waals surface area contributed by atoms with Gasteiger partial charge in [0.2, 0.25) is 0 Å². The zero-order valence-electron chi connectivity index (χ0n) is 7.74. The summed E-state index contributed by atoms with van der Waals surface area (Å²) in [4.78, 5) is 20.8. The molecule has 4 nitrogen and oxygen atoms in total. The van der Waals surface area contributed by atoms with Gasteiger partial charge in [-0.05, 0) is 25.5 Å². The maximum absolute atomic E-state index is 10.6. The molecular formula is C9H13NO3. The highest BCUT2D eigenvalue weighted by Crippen LogP contribution is 1.97. The second-order valence-electron chi connectivity index (χ2n) is 2.42. The smallest absolute Gasteiger partial charge is 0.404 e. The van der Waals surface area contributed by atoms with Gasteiger partial charge in [-0.25, -0.2) is 4.79 Å². The molecule has 0 aliphatic carbocycles. The van der Waals surface area contributed by atoms with E-state index >= 15 is 0 Å². The lowest BCUT2D eigenvalue weighted by atomic mass is 10.2. The van der Waals surface area contributed by atoms with Crippen molar-refractivity contribution < 1.29 is 14.3 Å². The van der Waals surface area contributed by atoms with E-state index in [-0.39, 0.29) is 12.4 Å². The van der Waals surface area contributed by atoms with Crippen molar-refractivity contribution in [2.24, 2.45) is 5.73 Å². The Morgan fingerprint density at radius 1 is 1.38 bits per heavy atom. The predicted octanol–water partition coefficient (Wildman–Crippen LogP) is 1.17. The van der Waals surface area contributed by atoms with Gasteiger partial charge in [-0.1, -0.05) is 12.2 Å². The van der Waals surface area contributed by atoms with Crippen molar-refractivity contribution in [3.63, 3.8) is 0 Å². The maximum Gasteiger partial charge on any atom is 0.404 e. The highest BCUT2D eigenvalue weighted by molar-refractivity contribution is 5.87. The highest BCUT2D eigenvalue weighted by Gasteiger charge is 1.95. The normalized spacial score (nSPS) is 11.7. The zero-order valence-corrected chi connectivity index (χ0v) is 7.74. The molecule has 0 aliphatic rings. The lowest BCUT2D eigenvalue weighted by molar-refractivity contribution is -0.112. The molecule has 0 saturated carbocycles.